The molecule has 3 aromatic carbocycles. The molecule has 1 N–H and O–H groups in total. The summed E-state index contributed by atoms with van der Waals surface area (Å²) in [4.78, 5) is 29.6. The van der Waals surface area contributed by atoms with E-state index in [1.807, 2.05) is 53.4 Å². The first-order valence-corrected chi connectivity index (χ1v) is 10.8. The third-order valence-corrected chi connectivity index (χ3v) is 6.19. The molecule has 0 spiro atoms. The van der Waals surface area contributed by atoms with Gasteiger partial charge in [0.1, 0.15) is 11.9 Å². The monoisotopic (exact) mass is 428 g/mol. The van der Waals surface area contributed by atoms with Gasteiger partial charge in [-0.2, -0.15) is 0 Å². The van der Waals surface area contributed by atoms with Crippen molar-refractivity contribution in [2.24, 2.45) is 0 Å². The van der Waals surface area contributed by atoms with Gasteiger partial charge in [-0.1, -0.05) is 42.5 Å². The first-order valence-electron chi connectivity index (χ1n) is 10.8. The second-order valence-corrected chi connectivity index (χ2v) is 8.15. The van der Waals surface area contributed by atoms with Gasteiger partial charge in [0.25, 0.3) is 5.91 Å². The van der Waals surface area contributed by atoms with Crippen LogP contribution in [0.5, 0.6) is 5.75 Å². The number of benzene rings is 3. The normalized spacial score (nSPS) is 18.1. The molecule has 162 valence electrons. The minimum absolute atomic E-state index is 0.0417. The van der Waals surface area contributed by atoms with Crippen molar-refractivity contribution in [2.75, 3.05) is 31.1 Å². The number of hydrogen-bond acceptors (Lipinski definition) is 5. The third-order valence-electron chi connectivity index (χ3n) is 6.19. The zero-order chi connectivity index (χ0) is 22.1. The van der Waals surface area contributed by atoms with E-state index in [1.165, 1.54) is 0 Å². The summed E-state index contributed by atoms with van der Waals surface area (Å²) in [5.74, 6) is -0.142. The highest BCUT2D eigenvalue weighted by atomic mass is 16.5. The zero-order valence-electron chi connectivity index (χ0n) is 17.6. The van der Waals surface area contributed by atoms with Gasteiger partial charge in [-0.3, -0.25) is 4.79 Å². The van der Waals surface area contributed by atoms with Gasteiger partial charge in [0, 0.05) is 38.2 Å². The number of anilines is 1. The second kappa shape index (κ2) is 8.38. The van der Waals surface area contributed by atoms with E-state index in [9.17, 15) is 14.7 Å². The van der Waals surface area contributed by atoms with Crippen molar-refractivity contribution in [1.82, 2.24) is 4.90 Å². The molecule has 1 fully saturated rings. The number of nitrogens with zero attached hydrogens (tertiary/aromatic N) is 2. The number of phenolic OH excluding ortho intramolecular Hbond substituents is 1. The minimum atomic E-state index is -0.351. The molecule has 1 saturated heterocycles. The van der Waals surface area contributed by atoms with E-state index >= 15 is 0 Å². The first-order chi connectivity index (χ1) is 15.6. The van der Waals surface area contributed by atoms with Crippen molar-refractivity contribution in [3.8, 4) is 5.75 Å². The number of carbonyl (C=O) groups is 2. The van der Waals surface area contributed by atoms with Gasteiger partial charge < -0.3 is 19.6 Å². The number of hydrogen-bond donors (Lipinski definition) is 1. The van der Waals surface area contributed by atoms with E-state index in [0.29, 0.717) is 43.7 Å². The summed E-state index contributed by atoms with van der Waals surface area (Å²) in [6.07, 6.45) is 0.205. The highest BCUT2D eigenvalue weighted by molar-refractivity contribution is 5.98. The van der Waals surface area contributed by atoms with E-state index in [2.05, 4.69) is 4.90 Å². The number of rotatable bonds is 3. The van der Waals surface area contributed by atoms with Gasteiger partial charge in [0.05, 0.1) is 11.3 Å². The summed E-state index contributed by atoms with van der Waals surface area (Å²) < 4.78 is 5.62. The van der Waals surface area contributed by atoms with Crippen LogP contribution in [-0.2, 0) is 11.2 Å². The summed E-state index contributed by atoms with van der Waals surface area (Å²) in [6, 6.07) is 22.2. The molecule has 0 bridgehead atoms. The van der Waals surface area contributed by atoms with E-state index in [0.717, 1.165) is 16.8 Å². The number of amides is 1. The molecule has 0 aromatic heterocycles. The van der Waals surface area contributed by atoms with Gasteiger partial charge in [0.2, 0.25) is 0 Å². The number of para-hydroxylation sites is 2. The van der Waals surface area contributed by atoms with Crippen molar-refractivity contribution < 1.29 is 19.4 Å². The summed E-state index contributed by atoms with van der Waals surface area (Å²) in [5.41, 5.74) is 3.69. The number of carbonyl (C=O) groups excluding carboxylic acids is 2. The summed E-state index contributed by atoms with van der Waals surface area (Å²) >= 11 is 0. The van der Waals surface area contributed by atoms with Gasteiger partial charge >= 0.3 is 5.97 Å². The summed E-state index contributed by atoms with van der Waals surface area (Å²) in [7, 11) is 0. The van der Waals surface area contributed by atoms with E-state index in [4.69, 9.17) is 4.74 Å². The van der Waals surface area contributed by atoms with E-state index in [1.54, 1.807) is 24.3 Å². The highest BCUT2D eigenvalue weighted by Crippen LogP contribution is 2.32. The number of aromatic hydroxyl groups is 1. The van der Waals surface area contributed by atoms with Crippen molar-refractivity contribution in [2.45, 2.75) is 12.5 Å². The average Bonchev–Trinajstić information content (AvgIpc) is 2.84. The average molecular weight is 428 g/mol. The Kier molecular flexibility index (Phi) is 5.27. The smallest absolute Gasteiger partial charge is 0.339 e. The number of cyclic esters (lactones) is 1. The van der Waals surface area contributed by atoms with Crippen molar-refractivity contribution in [1.29, 1.82) is 0 Å². The lowest BCUT2D eigenvalue weighted by molar-refractivity contribution is 0.0252. The predicted molar refractivity (Wildman–Crippen MR) is 121 cm³/mol. The van der Waals surface area contributed by atoms with E-state index < -0.39 is 0 Å². The molecule has 5 rings (SSSR count). The molecule has 2 aliphatic rings. The van der Waals surface area contributed by atoms with Gasteiger partial charge in [-0.15, -0.1) is 0 Å². The minimum Gasteiger partial charge on any atom is -0.506 e. The summed E-state index contributed by atoms with van der Waals surface area (Å²) in [6.45, 7) is 2.44. The Hall–Kier alpha value is -3.80. The molecule has 6 nitrogen and oxygen atoms in total. The van der Waals surface area contributed by atoms with Gasteiger partial charge in [-0.05, 0) is 41.5 Å². The van der Waals surface area contributed by atoms with Gasteiger partial charge in [-0.25, -0.2) is 4.79 Å². The molecule has 0 saturated carbocycles. The molecule has 0 unspecified atom stereocenters. The number of esters is 1. The second-order valence-electron chi connectivity index (χ2n) is 8.15. The van der Waals surface area contributed by atoms with Crippen LogP contribution in [0.1, 0.15) is 37.9 Å². The largest absolute Gasteiger partial charge is 0.506 e. The SMILES string of the molecule is O=C1O[C@H](c2ccccc2)Cc2cc(C(=O)N3CCN(c4ccccc4O)CC3)ccc21. The lowest BCUT2D eigenvalue weighted by Gasteiger charge is -2.36. The van der Waals surface area contributed by atoms with E-state index in [-0.39, 0.29) is 23.7 Å². The van der Waals surface area contributed by atoms with Crippen LogP contribution < -0.4 is 4.90 Å². The van der Waals surface area contributed by atoms with Crippen LogP contribution in [0, 0.1) is 0 Å². The fourth-order valence-electron chi connectivity index (χ4n) is 4.45. The number of phenols is 1. The highest BCUT2D eigenvalue weighted by Gasteiger charge is 2.29. The molecule has 2 heterocycles. The fourth-order valence-corrected chi connectivity index (χ4v) is 4.45. The van der Waals surface area contributed by atoms with Crippen molar-refractivity contribution >= 4 is 17.6 Å². The molecule has 1 amide bonds. The summed E-state index contributed by atoms with van der Waals surface area (Å²) in [5, 5.41) is 10.1. The molecular weight excluding hydrogens is 404 g/mol. The Morgan fingerprint density at radius 2 is 1.62 bits per heavy atom. The van der Waals surface area contributed by atoms with Crippen LogP contribution in [0.4, 0.5) is 5.69 Å². The zero-order valence-corrected chi connectivity index (χ0v) is 17.6. The Labute approximate surface area is 186 Å². The molecule has 6 heteroatoms. The van der Waals surface area contributed by atoms with Crippen molar-refractivity contribution in [3.63, 3.8) is 0 Å². The quantitative estimate of drug-likeness (QED) is 0.643. The van der Waals surface area contributed by atoms with Gasteiger partial charge in [0.15, 0.2) is 0 Å². The number of ether oxygens (including phenoxy) is 1. The first kappa shape index (κ1) is 20.1. The maximum absolute atomic E-state index is 13.2. The molecule has 3 aromatic rings. The molecule has 32 heavy (non-hydrogen) atoms. The Bertz CT molecular complexity index is 1150. The molecule has 0 aliphatic carbocycles. The number of fused-ring (bicyclic) bond motifs is 1. The maximum atomic E-state index is 13.2. The fraction of sp³-hybridized carbons (Fsp3) is 0.231. The van der Waals surface area contributed by atoms with Crippen LogP contribution in [0.3, 0.4) is 0 Å². The lowest BCUT2D eigenvalue weighted by Crippen LogP contribution is -2.48. The Morgan fingerprint density at radius 1 is 0.906 bits per heavy atom. The topological polar surface area (TPSA) is 70.1 Å². The van der Waals surface area contributed by atoms with Crippen LogP contribution in [-0.4, -0.2) is 48.1 Å². The molecule has 1 atom stereocenters. The van der Waals surface area contributed by atoms with Crippen LogP contribution in [0.15, 0.2) is 72.8 Å². The van der Waals surface area contributed by atoms with Crippen molar-refractivity contribution in [3.05, 3.63) is 95.1 Å². The number of piperazine rings is 1. The molecule has 0 radical (unpaired) electrons. The van der Waals surface area contributed by atoms with Crippen LogP contribution in [0.2, 0.25) is 0 Å². The standard InChI is InChI=1S/C26H24N2O4/c29-23-9-5-4-8-22(23)27-12-14-28(15-13-27)25(30)19-10-11-21-20(16-19)17-24(32-26(21)31)18-6-2-1-3-7-18/h1-11,16,24,29H,12-15,17H2/t24-/m0/s1. The molecule has 2 aliphatic heterocycles. The maximum Gasteiger partial charge on any atom is 0.339 e. The van der Waals surface area contributed by atoms with Crippen LogP contribution in [0.25, 0.3) is 0 Å². The Balaban J connectivity index is 1.31. The lowest BCUT2D eigenvalue weighted by atomic mass is 9.93. The molecular formula is C26H24N2O4. The third kappa shape index (κ3) is 3.80. The predicted octanol–water partition coefficient (Wildman–Crippen LogP) is 3.81. The Morgan fingerprint density at radius 3 is 2.38 bits per heavy atom. The van der Waals surface area contributed by atoms with Crippen LogP contribution >= 0.6 is 0 Å².